The van der Waals surface area contributed by atoms with Crippen molar-refractivity contribution in [2.24, 2.45) is 5.92 Å². The number of aryl methyl sites for hydroxylation is 1. The van der Waals surface area contributed by atoms with Crippen molar-refractivity contribution in [3.8, 4) is 11.5 Å². The van der Waals surface area contributed by atoms with E-state index in [4.69, 9.17) is 9.47 Å². The summed E-state index contributed by atoms with van der Waals surface area (Å²) in [6, 6.07) is 16.3. The summed E-state index contributed by atoms with van der Waals surface area (Å²) in [4.78, 5) is 2.32. The Hall–Kier alpha value is -2.52. The first kappa shape index (κ1) is 18.3. The van der Waals surface area contributed by atoms with E-state index < -0.39 is 0 Å². The molecule has 0 amide bonds. The van der Waals surface area contributed by atoms with Gasteiger partial charge in [0.1, 0.15) is 17.6 Å². The Morgan fingerprint density at radius 3 is 2.50 bits per heavy atom. The molecule has 136 valence electrons. The lowest BCUT2D eigenvalue weighted by Gasteiger charge is -2.36. The van der Waals surface area contributed by atoms with Crippen molar-refractivity contribution >= 4 is 0 Å². The molecule has 3 rings (SSSR count). The van der Waals surface area contributed by atoms with Gasteiger partial charge in [0.25, 0.3) is 0 Å². The van der Waals surface area contributed by atoms with E-state index in [2.05, 4.69) is 37.1 Å². The maximum atomic E-state index is 6.52. The lowest BCUT2D eigenvalue weighted by Crippen LogP contribution is -2.39. The summed E-state index contributed by atoms with van der Waals surface area (Å²) in [6.07, 6.45) is 3.81. The molecule has 0 aromatic heterocycles. The van der Waals surface area contributed by atoms with Gasteiger partial charge in [0, 0.05) is 31.1 Å². The predicted molar refractivity (Wildman–Crippen MR) is 107 cm³/mol. The molecule has 2 atom stereocenters. The average molecular weight is 349 g/mol. The van der Waals surface area contributed by atoms with Crippen LogP contribution in [-0.4, -0.2) is 31.1 Å². The highest BCUT2D eigenvalue weighted by Gasteiger charge is 2.33. The van der Waals surface area contributed by atoms with Crippen LogP contribution in [0.25, 0.3) is 0 Å². The summed E-state index contributed by atoms with van der Waals surface area (Å²) in [5.41, 5.74) is 2.26. The molecule has 1 aliphatic rings. The number of ether oxygens (including phenoxy) is 2. The zero-order valence-corrected chi connectivity index (χ0v) is 15.4. The quantitative estimate of drug-likeness (QED) is 0.639. The van der Waals surface area contributed by atoms with Gasteiger partial charge in [-0.2, -0.15) is 0 Å². The van der Waals surface area contributed by atoms with Gasteiger partial charge >= 0.3 is 0 Å². The van der Waals surface area contributed by atoms with Crippen LogP contribution in [0.4, 0.5) is 0 Å². The fourth-order valence-electron chi connectivity index (χ4n) is 3.44. The molecule has 2 aromatic rings. The maximum Gasteiger partial charge on any atom is 0.135 e. The van der Waals surface area contributed by atoms with Crippen molar-refractivity contribution in [2.75, 3.05) is 26.2 Å². The lowest BCUT2D eigenvalue weighted by atomic mass is 9.92. The van der Waals surface area contributed by atoms with Crippen LogP contribution >= 0.6 is 0 Å². The molecule has 0 bridgehead atoms. The van der Waals surface area contributed by atoms with Crippen LogP contribution in [0.2, 0.25) is 0 Å². The smallest absolute Gasteiger partial charge is 0.135 e. The monoisotopic (exact) mass is 349 g/mol. The van der Waals surface area contributed by atoms with Crippen molar-refractivity contribution in [1.29, 1.82) is 0 Å². The third-order valence-corrected chi connectivity index (χ3v) is 4.72. The van der Waals surface area contributed by atoms with Gasteiger partial charge in [-0.1, -0.05) is 48.6 Å². The van der Waals surface area contributed by atoms with Crippen LogP contribution in [-0.2, 0) is 0 Å². The van der Waals surface area contributed by atoms with Crippen LogP contribution in [0.5, 0.6) is 11.5 Å². The number of nitrogens with zero attached hydrogens (tertiary/aromatic N) is 1. The van der Waals surface area contributed by atoms with Gasteiger partial charge in [0.05, 0.1) is 6.61 Å². The Labute approximate surface area is 156 Å². The van der Waals surface area contributed by atoms with E-state index in [1.165, 1.54) is 0 Å². The molecule has 0 unspecified atom stereocenters. The molecule has 0 aliphatic carbocycles. The first-order valence-electron chi connectivity index (χ1n) is 9.11. The van der Waals surface area contributed by atoms with Gasteiger partial charge in [-0.05, 0) is 24.6 Å². The maximum absolute atomic E-state index is 6.52. The van der Waals surface area contributed by atoms with Crippen LogP contribution in [0.3, 0.4) is 0 Å². The van der Waals surface area contributed by atoms with Crippen molar-refractivity contribution in [1.82, 2.24) is 4.90 Å². The molecule has 0 spiro atoms. The Bertz CT molecular complexity index is 745. The highest BCUT2D eigenvalue weighted by molar-refractivity contribution is 5.39. The molecule has 2 aromatic carbocycles. The van der Waals surface area contributed by atoms with Crippen LogP contribution in [0, 0.1) is 12.8 Å². The third kappa shape index (κ3) is 4.17. The molecule has 1 heterocycles. The first-order chi connectivity index (χ1) is 12.7. The summed E-state index contributed by atoms with van der Waals surface area (Å²) in [7, 11) is 0. The van der Waals surface area contributed by atoms with E-state index in [0.29, 0.717) is 6.61 Å². The second kappa shape index (κ2) is 8.72. The Morgan fingerprint density at radius 2 is 1.77 bits per heavy atom. The summed E-state index contributed by atoms with van der Waals surface area (Å²) < 4.78 is 12.6. The third-order valence-electron chi connectivity index (χ3n) is 4.72. The van der Waals surface area contributed by atoms with Crippen LogP contribution in [0.1, 0.15) is 17.2 Å². The molecule has 0 saturated carbocycles. The first-order valence-corrected chi connectivity index (χ1v) is 9.11. The molecule has 26 heavy (non-hydrogen) atoms. The fourth-order valence-corrected chi connectivity index (χ4v) is 3.44. The number of benzene rings is 2. The molecule has 3 nitrogen and oxygen atoms in total. The van der Waals surface area contributed by atoms with Crippen molar-refractivity contribution in [2.45, 2.75) is 13.0 Å². The number of hydrogen-bond donors (Lipinski definition) is 0. The number of hydrogen-bond acceptors (Lipinski definition) is 3. The fraction of sp³-hybridized carbons (Fsp3) is 0.304. The summed E-state index contributed by atoms with van der Waals surface area (Å²) >= 11 is 0. The number of rotatable bonds is 8. The summed E-state index contributed by atoms with van der Waals surface area (Å²) in [5, 5.41) is 0. The SMILES string of the molecule is C=CCN(CC=C)C[C@@H]1COc2ccccc2[C@@H]1Oc1ccccc1C. The van der Waals surface area contributed by atoms with E-state index in [9.17, 15) is 0 Å². The van der Waals surface area contributed by atoms with Gasteiger partial charge in [0.15, 0.2) is 0 Å². The lowest BCUT2D eigenvalue weighted by molar-refractivity contribution is 0.0490. The van der Waals surface area contributed by atoms with Gasteiger partial charge in [0.2, 0.25) is 0 Å². The van der Waals surface area contributed by atoms with Gasteiger partial charge < -0.3 is 9.47 Å². The topological polar surface area (TPSA) is 21.7 Å². The highest BCUT2D eigenvalue weighted by Crippen LogP contribution is 2.39. The van der Waals surface area contributed by atoms with E-state index >= 15 is 0 Å². The minimum atomic E-state index is -0.0434. The van der Waals surface area contributed by atoms with E-state index in [1.807, 2.05) is 48.6 Å². The molecule has 0 N–H and O–H groups in total. The molecule has 0 saturated heterocycles. The second-order valence-corrected chi connectivity index (χ2v) is 6.71. The molecule has 0 fully saturated rings. The Kier molecular flexibility index (Phi) is 6.13. The Morgan fingerprint density at radius 1 is 1.08 bits per heavy atom. The summed E-state index contributed by atoms with van der Waals surface area (Å²) in [5.74, 6) is 2.07. The van der Waals surface area contributed by atoms with Gasteiger partial charge in [-0.25, -0.2) is 0 Å². The van der Waals surface area contributed by atoms with Crippen molar-refractivity contribution < 1.29 is 9.47 Å². The molecule has 0 radical (unpaired) electrons. The number of para-hydroxylation sites is 2. The molecular weight excluding hydrogens is 322 g/mol. The Balaban J connectivity index is 1.88. The largest absolute Gasteiger partial charge is 0.493 e. The second-order valence-electron chi connectivity index (χ2n) is 6.71. The zero-order chi connectivity index (χ0) is 18.4. The molecule has 3 heteroatoms. The van der Waals surface area contributed by atoms with Crippen molar-refractivity contribution in [3.05, 3.63) is 85.0 Å². The van der Waals surface area contributed by atoms with Gasteiger partial charge in [-0.15, -0.1) is 13.2 Å². The average Bonchev–Trinajstić information content (AvgIpc) is 2.65. The predicted octanol–water partition coefficient (Wildman–Crippen LogP) is 4.80. The van der Waals surface area contributed by atoms with E-state index in [0.717, 1.165) is 42.3 Å². The van der Waals surface area contributed by atoms with Gasteiger partial charge in [-0.3, -0.25) is 4.90 Å². The minimum absolute atomic E-state index is 0.0434. The minimum Gasteiger partial charge on any atom is -0.493 e. The zero-order valence-electron chi connectivity index (χ0n) is 15.4. The van der Waals surface area contributed by atoms with Crippen molar-refractivity contribution in [3.63, 3.8) is 0 Å². The van der Waals surface area contributed by atoms with Crippen LogP contribution < -0.4 is 9.47 Å². The van der Waals surface area contributed by atoms with E-state index in [-0.39, 0.29) is 12.0 Å². The number of fused-ring (bicyclic) bond motifs is 1. The van der Waals surface area contributed by atoms with Crippen LogP contribution in [0.15, 0.2) is 73.8 Å². The molecule has 1 aliphatic heterocycles. The normalized spacial score (nSPS) is 18.7. The highest BCUT2D eigenvalue weighted by atomic mass is 16.5. The van der Waals surface area contributed by atoms with E-state index in [1.54, 1.807) is 0 Å². The summed E-state index contributed by atoms with van der Waals surface area (Å²) in [6.45, 7) is 13.0. The molecular formula is C23H27NO2. The standard InChI is InChI=1S/C23H27NO2/c1-4-14-24(15-5-2)16-19-17-25-22-13-9-7-11-20(22)23(19)26-21-12-8-6-10-18(21)3/h4-13,19,23H,1-2,14-17H2,3H3/t19-,23-/m1/s1.